The number of hydrogen-bond donors (Lipinski definition) is 1. The van der Waals surface area contributed by atoms with Crippen LogP contribution in [0.15, 0.2) is 0 Å². The molecule has 16 nitrogen and oxygen atoms in total. The van der Waals surface area contributed by atoms with E-state index < -0.39 is 42.3 Å². The van der Waals surface area contributed by atoms with Gasteiger partial charge in [0.1, 0.15) is 0 Å². The van der Waals surface area contributed by atoms with E-state index in [9.17, 15) is 33.6 Å². The topological polar surface area (TPSA) is 213 Å². The van der Waals surface area contributed by atoms with Crippen LogP contribution in [0.25, 0.3) is 0 Å². The highest BCUT2D eigenvalue weighted by molar-refractivity contribution is 5.92. The molecule has 0 rings (SSSR count). The van der Waals surface area contributed by atoms with Gasteiger partial charge in [0.2, 0.25) is 5.60 Å². The van der Waals surface area contributed by atoms with Gasteiger partial charge in [0.25, 0.3) is 0 Å². The fourth-order valence-electron chi connectivity index (χ4n) is 6.98. The molecule has 0 spiro atoms. The second-order valence-corrected chi connectivity index (χ2v) is 17.6. The highest BCUT2D eigenvalue weighted by atomic mass is 16.6. The van der Waals surface area contributed by atoms with Gasteiger partial charge in [-0.05, 0) is 84.1 Å². The van der Waals surface area contributed by atoms with E-state index in [-0.39, 0.29) is 70.5 Å². The summed E-state index contributed by atoms with van der Waals surface area (Å²) in [4.78, 5) is 92.1. The summed E-state index contributed by atoms with van der Waals surface area (Å²) in [5.74, 6) is -4.37. The SMILES string of the molecule is CCCCCCCC(=O)OCCCCCOC(=O)CC(CC(=O)OCCCCCOC(=O)CCCCCCC)(OC(=O)CCN(C)CCN)C(=O)OCCCCCOC(=O)CCCCCCC. The van der Waals surface area contributed by atoms with Crippen LogP contribution in [0, 0.1) is 0 Å². The number of hydrogen-bond acceptors (Lipinski definition) is 16. The van der Waals surface area contributed by atoms with Crippen molar-refractivity contribution in [2.75, 3.05) is 66.3 Å². The van der Waals surface area contributed by atoms with Crippen molar-refractivity contribution in [1.29, 1.82) is 0 Å². The molecule has 0 aliphatic carbocycles. The van der Waals surface area contributed by atoms with Crippen molar-refractivity contribution in [3.8, 4) is 0 Å². The van der Waals surface area contributed by atoms with E-state index in [2.05, 4.69) is 20.8 Å². The van der Waals surface area contributed by atoms with Gasteiger partial charge < -0.3 is 43.8 Å². The van der Waals surface area contributed by atoms with E-state index in [4.69, 9.17) is 38.9 Å². The maximum atomic E-state index is 14.0. The van der Waals surface area contributed by atoms with Gasteiger partial charge in [-0.2, -0.15) is 0 Å². The molecule has 0 amide bonds. The minimum Gasteiger partial charge on any atom is -0.466 e. The van der Waals surface area contributed by atoms with Gasteiger partial charge in [0.15, 0.2) is 0 Å². The average molecular weight is 957 g/mol. The molecule has 16 heteroatoms. The number of ether oxygens (including phenoxy) is 7. The zero-order valence-corrected chi connectivity index (χ0v) is 42.3. The number of likely N-dealkylation sites (N-methyl/N-ethyl adjacent to an activating group) is 1. The Morgan fingerprint density at radius 2 is 0.687 bits per heavy atom. The molecule has 0 fully saturated rings. The molecular formula is C51H92N2O14. The van der Waals surface area contributed by atoms with E-state index in [1.54, 1.807) is 11.9 Å². The third-order valence-electron chi connectivity index (χ3n) is 11.1. The Labute approximate surface area is 403 Å². The molecule has 0 saturated heterocycles. The Kier molecular flexibility index (Phi) is 42.2. The van der Waals surface area contributed by atoms with Crippen LogP contribution in [0.4, 0.5) is 0 Å². The monoisotopic (exact) mass is 957 g/mol. The first-order valence-electron chi connectivity index (χ1n) is 26.0. The Hall–Kier alpha value is -3.79. The van der Waals surface area contributed by atoms with Crippen LogP contribution in [0.1, 0.15) is 213 Å². The third-order valence-corrected chi connectivity index (χ3v) is 11.1. The molecule has 0 radical (unpaired) electrons. The van der Waals surface area contributed by atoms with E-state index in [0.717, 1.165) is 96.3 Å². The van der Waals surface area contributed by atoms with Crippen LogP contribution in [0.5, 0.6) is 0 Å². The molecule has 0 unspecified atom stereocenters. The molecule has 2 N–H and O–H groups in total. The number of carbonyl (C=O) groups excluding carboxylic acids is 7. The molecule has 0 aromatic heterocycles. The van der Waals surface area contributed by atoms with E-state index in [0.29, 0.717) is 90.1 Å². The number of rotatable bonds is 47. The van der Waals surface area contributed by atoms with Gasteiger partial charge in [-0.3, -0.25) is 28.8 Å². The molecule has 0 aliphatic rings. The van der Waals surface area contributed by atoms with Crippen molar-refractivity contribution in [3.05, 3.63) is 0 Å². The van der Waals surface area contributed by atoms with Gasteiger partial charge >= 0.3 is 41.8 Å². The smallest absolute Gasteiger partial charge is 0.351 e. The lowest BCUT2D eigenvalue weighted by Gasteiger charge is -2.30. The summed E-state index contributed by atoms with van der Waals surface area (Å²) in [5.41, 5.74) is 3.29. The Balaban J connectivity index is 5.55. The van der Waals surface area contributed by atoms with Gasteiger partial charge in [0, 0.05) is 38.9 Å². The lowest BCUT2D eigenvalue weighted by atomic mass is 9.94. The Morgan fingerprint density at radius 3 is 1.03 bits per heavy atom. The molecule has 0 heterocycles. The molecule has 0 aromatic carbocycles. The number of carbonyl (C=O) groups is 7. The second kappa shape index (κ2) is 44.7. The van der Waals surface area contributed by atoms with E-state index in [1.165, 1.54) is 0 Å². The van der Waals surface area contributed by atoms with Crippen LogP contribution in [-0.2, 0) is 66.7 Å². The summed E-state index contributed by atoms with van der Waals surface area (Å²) in [5, 5.41) is 0. The first-order valence-corrected chi connectivity index (χ1v) is 26.0. The van der Waals surface area contributed by atoms with E-state index in [1.807, 2.05) is 0 Å². The van der Waals surface area contributed by atoms with Gasteiger partial charge in [-0.25, -0.2) is 4.79 Å². The standard InChI is InChI=1S/C51H92N2O14/c1-5-8-11-14-20-29-44(54)61-36-23-17-26-39-64-48(58)42-51(67-47(57)32-34-53(4)35-33-52,50(60)66-41-28-19-25-38-63-46(56)31-22-16-13-10-7-3)43-49(59)65-40-27-18-24-37-62-45(55)30-21-15-12-9-6-2/h5-43,52H2,1-4H3. The van der Waals surface area contributed by atoms with Crippen molar-refractivity contribution in [1.82, 2.24) is 4.90 Å². The molecule has 390 valence electrons. The molecule has 0 atom stereocenters. The van der Waals surface area contributed by atoms with Gasteiger partial charge in [-0.15, -0.1) is 0 Å². The highest BCUT2D eigenvalue weighted by Gasteiger charge is 2.49. The van der Waals surface area contributed by atoms with Gasteiger partial charge in [-0.1, -0.05) is 97.8 Å². The normalized spacial score (nSPS) is 11.3. The summed E-state index contributed by atoms with van der Waals surface area (Å²) in [6, 6.07) is 0. The largest absolute Gasteiger partial charge is 0.466 e. The van der Waals surface area contributed by atoms with Crippen LogP contribution < -0.4 is 5.73 Å². The number of esters is 7. The predicted molar refractivity (Wildman–Crippen MR) is 257 cm³/mol. The molecule has 0 aliphatic heterocycles. The van der Waals surface area contributed by atoms with Crippen LogP contribution in [0.2, 0.25) is 0 Å². The summed E-state index contributed by atoms with van der Waals surface area (Å²) >= 11 is 0. The average Bonchev–Trinajstić information content (AvgIpc) is 3.29. The summed E-state index contributed by atoms with van der Waals surface area (Å²) in [6.07, 6.45) is 19.7. The molecule has 0 bridgehead atoms. The first-order chi connectivity index (χ1) is 32.4. The molecule has 0 aromatic rings. The fraction of sp³-hybridized carbons (Fsp3) is 0.863. The third kappa shape index (κ3) is 38.8. The minimum absolute atomic E-state index is 0.0185. The van der Waals surface area contributed by atoms with Crippen LogP contribution in [0.3, 0.4) is 0 Å². The highest BCUT2D eigenvalue weighted by Crippen LogP contribution is 2.27. The number of nitrogens with two attached hydrogens (primary N) is 1. The molecule has 67 heavy (non-hydrogen) atoms. The van der Waals surface area contributed by atoms with Crippen LogP contribution >= 0.6 is 0 Å². The Morgan fingerprint density at radius 1 is 0.373 bits per heavy atom. The number of nitrogens with zero attached hydrogens (tertiary/aromatic N) is 1. The van der Waals surface area contributed by atoms with Crippen molar-refractivity contribution in [2.24, 2.45) is 5.73 Å². The van der Waals surface area contributed by atoms with Gasteiger partial charge in [0.05, 0.1) is 58.9 Å². The van der Waals surface area contributed by atoms with Crippen molar-refractivity contribution < 1.29 is 66.7 Å². The van der Waals surface area contributed by atoms with Crippen molar-refractivity contribution in [3.63, 3.8) is 0 Å². The number of unbranched alkanes of at least 4 members (excludes halogenated alkanes) is 18. The first kappa shape index (κ1) is 63.2. The lowest BCUT2D eigenvalue weighted by Crippen LogP contribution is -2.49. The molecule has 0 saturated carbocycles. The predicted octanol–water partition coefficient (Wildman–Crippen LogP) is 9.18. The fourth-order valence-corrected chi connectivity index (χ4v) is 6.98. The summed E-state index contributed by atoms with van der Waals surface area (Å²) in [7, 11) is 1.77. The Bertz CT molecular complexity index is 1260. The van der Waals surface area contributed by atoms with Crippen LogP contribution in [-0.4, -0.2) is 119 Å². The quantitative estimate of drug-likeness (QED) is 0.0342. The zero-order valence-electron chi connectivity index (χ0n) is 42.3. The zero-order chi connectivity index (χ0) is 49.6. The minimum atomic E-state index is -2.38. The molecular weight excluding hydrogens is 865 g/mol. The van der Waals surface area contributed by atoms with Crippen molar-refractivity contribution >= 4 is 41.8 Å². The second-order valence-electron chi connectivity index (χ2n) is 17.6. The van der Waals surface area contributed by atoms with E-state index >= 15 is 0 Å². The summed E-state index contributed by atoms with van der Waals surface area (Å²) in [6.45, 7) is 8.10. The van der Waals surface area contributed by atoms with Crippen molar-refractivity contribution in [2.45, 2.75) is 219 Å². The lowest BCUT2D eigenvalue weighted by molar-refractivity contribution is -0.191. The summed E-state index contributed by atoms with van der Waals surface area (Å²) < 4.78 is 38.3. The maximum Gasteiger partial charge on any atom is 0.351 e. The maximum absolute atomic E-state index is 14.0.